The van der Waals surface area contributed by atoms with Crippen LogP contribution in [-0.4, -0.2) is 23.2 Å². The molecular weight excluding hydrogens is 280 g/mol. The average Bonchev–Trinajstić information content (AvgIpc) is 2.16. The van der Waals surface area contributed by atoms with Crippen molar-refractivity contribution in [3.8, 4) is 0 Å². The van der Waals surface area contributed by atoms with Gasteiger partial charge in [0.25, 0.3) is 0 Å². The van der Waals surface area contributed by atoms with Crippen LogP contribution in [0.1, 0.15) is 0 Å². The van der Waals surface area contributed by atoms with Gasteiger partial charge >= 0.3 is 12.4 Å². The Morgan fingerprint density at radius 2 is 1.74 bits per heavy atom. The predicted molar refractivity (Wildman–Crippen MR) is 52.9 cm³/mol. The van der Waals surface area contributed by atoms with Crippen LogP contribution < -0.4 is 11.1 Å². The molecule has 0 fully saturated rings. The lowest BCUT2D eigenvalue weighted by atomic mass is 10.1. The van der Waals surface area contributed by atoms with Crippen molar-refractivity contribution < 1.29 is 31.1 Å². The Bertz CT molecular complexity index is 456. The molecule has 3 N–H and O–H groups in total. The van der Waals surface area contributed by atoms with Crippen LogP contribution in [0.3, 0.4) is 0 Å². The van der Waals surface area contributed by atoms with Gasteiger partial charge < -0.3 is 11.1 Å². The molecule has 0 spiro atoms. The number of anilines is 2. The molecule has 0 aliphatic carbocycles. The number of aromatic nitrogens is 1. The number of rotatable bonds is 2. The van der Waals surface area contributed by atoms with Gasteiger partial charge in [0.15, 0.2) is 5.82 Å². The molecule has 0 unspecified atom stereocenters. The number of hydrogen-bond acceptors (Lipinski definition) is 3. The summed E-state index contributed by atoms with van der Waals surface area (Å²) in [6, 6.07) is 2.47. The van der Waals surface area contributed by atoms with Gasteiger partial charge in [0, 0.05) is 6.20 Å². The van der Waals surface area contributed by atoms with Gasteiger partial charge in [-0.2, -0.15) is 26.3 Å². The van der Waals surface area contributed by atoms with Crippen molar-refractivity contribution in [2.24, 2.45) is 5.92 Å². The van der Waals surface area contributed by atoms with Crippen LogP contribution in [-0.2, 0) is 4.79 Å². The van der Waals surface area contributed by atoms with E-state index >= 15 is 0 Å². The number of nitrogen functional groups attached to an aromatic ring is 1. The average molecular weight is 287 g/mol. The van der Waals surface area contributed by atoms with E-state index in [1.54, 1.807) is 0 Å². The van der Waals surface area contributed by atoms with E-state index in [2.05, 4.69) is 4.98 Å². The van der Waals surface area contributed by atoms with E-state index in [1.807, 2.05) is 0 Å². The predicted octanol–water partition coefficient (Wildman–Crippen LogP) is 2.34. The fourth-order valence-electron chi connectivity index (χ4n) is 1.19. The summed E-state index contributed by atoms with van der Waals surface area (Å²) in [5.74, 6) is -6.99. The Morgan fingerprint density at radius 1 is 1.21 bits per heavy atom. The number of alkyl halides is 6. The highest BCUT2D eigenvalue weighted by Crippen LogP contribution is 2.39. The Morgan fingerprint density at radius 3 is 2.16 bits per heavy atom. The van der Waals surface area contributed by atoms with Gasteiger partial charge in [0.1, 0.15) is 0 Å². The van der Waals surface area contributed by atoms with Gasteiger partial charge in [0.2, 0.25) is 11.8 Å². The summed E-state index contributed by atoms with van der Waals surface area (Å²) in [5, 5.41) is 1.41. The number of carbonyl (C=O) groups is 1. The normalized spacial score (nSPS) is 12.6. The lowest BCUT2D eigenvalue weighted by Crippen LogP contribution is -2.45. The van der Waals surface area contributed by atoms with Gasteiger partial charge in [0.05, 0.1) is 5.69 Å². The molecule has 0 aliphatic rings. The van der Waals surface area contributed by atoms with Crippen LogP contribution in [0.4, 0.5) is 37.8 Å². The van der Waals surface area contributed by atoms with Crippen LogP contribution >= 0.6 is 0 Å². The van der Waals surface area contributed by atoms with E-state index in [0.29, 0.717) is 0 Å². The number of pyridine rings is 1. The summed E-state index contributed by atoms with van der Waals surface area (Å²) in [4.78, 5) is 14.5. The third-order valence-corrected chi connectivity index (χ3v) is 2.00. The zero-order valence-electron chi connectivity index (χ0n) is 9.01. The minimum atomic E-state index is -5.76. The van der Waals surface area contributed by atoms with Crippen LogP contribution in [0.2, 0.25) is 0 Å². The van der Waals surface area contributed by atoms with Crippen LogP contribution in [0.25, 0.3) is 0 Å². The van der Waals surface area contributed by atoms with Crippen molar-refractivity contribution in [3.63, 3.8) is 0 Å². The van der Waals surface area contributed by atoms with Crippen molar-refractivity contribution in [2.45, 2.75) is 12.4 Å². The molecule has 0 aromatic carbocycles. The molecule has 0 atom stereocenters. The highest BCUT2D eigenvalue weighted by atomic mass is 19.4. The molecule has 1 rings (SSSR count). The first kappa shape index (κ1) is 15.1. The van der Waals surface area contributed by atoms with E-state index < -0.39 is 30.0 Å². The molecule has 1 aromatic heterocycles. The molecule has 1 heterocycles. The Kier molecular flexibility index (Phi) is 3.91. The number of nitrogens with one attached hydrogen (secondary N) is 1. The van der Waals surface area contributed by atoms with E-state index in [0.717, 1.165) is 6.20 Å². The second kappa shape index (κ2) is 4.94. The fraction of sp³-hybridized carbons (Fsp3) is 0.333. The standard InChI is InChI=1S/C9H7F6N3O/c10-8(11,12)5(9(13,14)15)7(19)18-6-4(16)2-1-3-17-6/h1-3,5H,16H2,(H,17,18,19). The zero-order valence-corrected chi connectivity index (χ0v) is 9.01. The van der Waals surface area contributed by atoms with Gasteiger partial charge in [-0.05, 0) is 12.1 Å². The first-order chi connectivity index (χ1) is 8.53. The molecule has 0 saturated carbocycles. The third kappa shape index (κ3) is 3.73. The molecule has 0 bridgehead atoms. The summed E-state index contributed by atoms with van der Waals surface area (Å²) < 4.78 is 73.4. The number of amides is 1. The quantitative estimate of drug-likeness (QED) is 0.820. The van der Waals surface area contributed by atoms with Crippen molar-refractivity contribution in [1.82, 2.24) is 4.98 Å². The molecule has 1 aromatic rings. The second-order valence-corrected chi connectivity index (χ2v) is 3.45. The summed E-state index contributed by atoms with van der Waals surface area (Å²) in [5.41, 5.74) is 5.00. The number of carbonyl (C=O) groups excluding carboxylic acids is 1. The van der Waals surface area contributed by atoms with E-state index in [4.69, 9.17) is 5.73 Å². The Hall–Kier alpha value is -2.00. The van der Waals surface area contributed by atoms with Crippen molar-refractivity contribution in [1.29, 1.82) is 0 Å². The Balaban J connectivity index is 3.01. The molecule has 0 radical (unpaired) electrons. The first-order valence-electron chi connectivity index (χ1n) is 4.68. The number of hydrogen-bond donors (Lipinski definition) is 2. The maximum absolute atomic E-state index is 12.2. The maximum atomic E-state index is 12.2. The van der Waals surface area contributed by atoms with E-state index in [1.165, 1.54) is 17.4 Å². The molecule has 10 heteroatoms. The molecule has 1 amide bonds. The van der Waals surface area contributed by atoms with E-state index in [9.17, 15) is 31.1 Å². The smallest absolute Gasteiger partial charge is 0.396 e. The SMILES string of the molecule is Nc1cccnc1NC(=O)C(C(F)(F)F)C(F)(F)F. The highest BCUT2D eigenvalue weighted by Gasteiger charge is 2.61. The van der Waals surface area contributed by atoms with Crippen LogP contribution in [0, 0.1) is 5.92 Å². The maximum Gasteiger partial charge on any atom is 0.409 e. The van der Waals surface area contributed by atoms with Crippen molar-refractivity contribution in [3.05, 3.63) is 18.3 Å². The monoisotopic (exact) mass is 287 g/mol. The van der Waals surface area contributed by atoms with Gasteiger partial charge in [-0.15, -0.1) is 0 Å². The number of halogens is 6. The molecular formula is C9H7F6N3O. The lowest BCUT2D eigenvalue weighted by molar-refractivity contribution is -0.272. The van der Waals surface area contributed by atoms with Gasteiger partial charge in [-0.25, -0.2) is 4.98 Å². The van der Waals surface area contributed by atoms with Crippen molar-refractivity contribution >= 4 is 17.4 Å². The molecule has 0 aliphatic heterocycles. The summed E-state index contributed by atoms with van der Waals surface area (Å²) >= 11 is 0. The molecule has 106 valence electrons. The largest absolute Gasteiger partial charge is 0.409 e. The topological polar surface area (TPSA) is 68.0 Å². The minimum Gasteiger partial charge on any atom is -0.396 e. The third-order valence-electron chi connectivity index (χ3n) is 2.00. The summed E-state index contributed by atoms with van der Waals surface area (Å²) in [6.07, 6.45) is -10.5. The first-order valence-corrected chi connectivity index (χ1v) is 4.68. The molecule has 0 saturated heterocycles. The summed E-state index contributed by atoms with van der Waals surface area (Å²) in [6.45, 7) is 0. The number of nitrogens with zero attached hydrogens (tertiary/aromatic N) is 1. The number of nitrogens with two attached hydrogens (primary N) is 1. The second-order valence-electron chi connectivity index (χ2n) is 3.45. The van der Waals surface area contributed by atoms with Crippen LogP contribution in [0.5, 0.6) is 0 Å². The minimum absolute atomic E-state index is 0.251. The Labute approximate surface area is 102 Å². The van der Waals surface area contributed by atoms with Gasteiger partial charge in [-0.3, -0.25) is 4.79 Å². The van der Waals surface area contributed by atoms with Crippen LogP contribution in [0.15, 0.2) is 18.3 Å². The molecule has 4 nitrogen and oxygen atoms in total. The lowest BCUT2D eigenvalue weighted by Gasteiger charge is -2.22. The fourth-order valence-corrected chi connectivity index (χ4v) is 1.19. The highest BCUT2D eigenvalue weighted by molar-refractivity contribution is 5.95. The van der Waals surface area contributed by atoms with Gasteiger partial charge in [-0.1, -0.05) is 0 Å². The zero-order chi connectivity index (χ0) is 14.8. The summed E-state index contributed by atoms with van der Waals surface area (Å²) in [7, 11) is 0. The van der Waals surface area contributed by atoms with E-state index in [-0.39, 0.29) is 5.69 Å². The molecule has 19 heavy (non-hydrogen) atoms. The van der Waals surface area contributed by atoms with Crippen molar-refractivity contribution in [2.75, 3.05) is 11.1 Å².